The average Bonchev–Trinajstić information content (AvgIpc) is 2.82. The number of hydroxylamine groups is 2. The highest BCUT2D eigenvalue weighted by Crippen LogP contribution is 2.43. The smallest absolute Gasteiger partial charge is 0.303 e. The summed E-state index contributed by atoms with van der Waals surface area (Å²) < 4.78 is 0. The Hall–Kier alpha value is -0.650. The first kappa shape index (κ1) is 15.3. The Kier molecular flexibility index (Phi) is 4.52. The maximum absolute atomic E-state index is 11.2. The van der Waals surface area contributed by atoms with Crippen molar-refractivity contribution in [3.05, 3.63) is 0 Å². The second-order valence-electron chi connectivity index (χ2n) is 7.23. The lowest BCUT2D eigenvalue weighted by molar-refractivity contribution is -0.336. The quantitative estimate of drug-likeness (QED) is 0.863. The van der Waals surface area contributed by atoms with Gasteiger partial charge in [-0.3, -0.25) is 14.5 Å². The zero-order valence-corrected chi connectivity index (χ0v) is 12.8. The minimum atomic E-state index is -0.705. The molecule has 0 radical (unpaired) electrons. The molecule has 5 nitrogen and oxygen atoms in total. The van der Waals surface area contributed by atoms with Crippen molar-refractivity contribution in [1.29, 1.82) is 0 Å². The van der Waals surface area contributed by atoms with E-state index in [-0.39, 0.29) is 17.4 Å². The number of carboxylic acids is 1. The number of rotatable bonds is 4. The monoisotopic (exact) mass is 297 g/mol. The minimum Gasteiger partial charge on any atom is -0.481 e. The predicted molar refractivity (Wildman–Crippen MR) is 77.3 cm³/mol. The van der Waals surface area contributed by atoms with Crippen molar-refractivity contribution in [3.8, 4) is 0 Å². The van der Waals surface area contributed by atoms with Crippen molar-refractivity contribution >= 4 is 5.97 Å². The Morgan fingerprint density at radius 2 is 1.62 bits per heavy atom. The van der Waals surface area contributed by atoms with Crippen molar-refractivity contribution in [2.45, 2.75) is 76.2 Å². The van der Waals surface area contributed by atoms with Crippen LogP contribution in [0.2, 0.25) is 0 Å². The molecule has 120 valence electrons. The number of hydrogen-bond acceptors (Lipinski definition) is 4. The molecule has 3 fully saturated rings. The van der Waals surface area contributed by atoms with E-state index in [1.54, 1.807) is 5.23 Å². The van der Waals surface area contributed by atoms with Gasteiger partial charge in [0, 0.05) is 0 Å². The number of hydrogen-bond donors (Lipinski definition) is 1. The third kappa shape index (κ3) is 3.58. The number of carbonyl (C=O) groups is 1. The van der Waals surface area contributed by atoms with Gasteiger partial charge in [-0.05, 0) is 31.1 Å². The molecule has 0 atom stereocenters. The molecule has 1 heterocycles. The molecule has 21 heavy (non-hydrogen) atoms. The van der Waals surface area contributed by atoms with E-state index in [1.165, 1.54) is 25.7 Å². The van der Waals surface area contributed by atoms with Crippen LogP contribution in [0.5, 0.6) is 0 Å². The van der Waals surface area contributed by atoms with Crippen LogP contribution in [0.1, 0.15) is 70.6 Å². The summed E-state index contributed by atoms with van der Waals surface area (Å²) in [6.45, 7) is 1.23. The van der Waals surface area contributed by atoms with E-state index < -0.39 is 5.97 Å². The summed E-state index contributed by atoms with van der Waals surface area (Å²) in [5.41, 5.74) is -0.304. The number of nitrogens with zero attached hydrogens (tertiary/aromatic N) is 1. The van der Waals surface area contributed by atoms with Gasteiger partial charge in [0.1, 0.15) is 12.2 Å². The maximum Gasteiger partial charge on any atom is 0.303 e. The molecule has 1 N–H and O–H groups in total. The molecule has 1 aliphatic heterocycles. The lowest BCUT2D eigenvalue weighted by Gasteiger charge is -2.38. The van der Waals surface area contributed by atoms with Crippen LogP contribution >= 0.6 is 0 Å². The fourth-order valence-electron chi connectivity index (χ4n) is 4.26. The van der Waals surface area contributed by atoms with Crippen LogP contribution in [0, 0.1) is 5.41 Å². The molecule has 2 saturated carbocycles. The molecule has 0 aromatic rings. The number of aliphatic carboxylic acids is 1. The standard InChI is InChI=1S/C16H27NO4/c18-14(19)11-15(7-3-1-4-8-15)12-17-20-13-16(21-17)9-5-2-6-10-16/h1-13H2,(H,18,19). The normalized spacial score (nSPS) is 28.8. The largest absolute Gasteiger partial charge is 0.481 e. The molecule has 0 amide bonds. The van der Waals surface area contributed by atoms with Gasteiger partial charge >= 0.3 is 5.97 Å². The molecule has 3 aliphatic rings. The van der Waals surface area contributed by atoms with E-state index in [9.17, 15) is 9.90 Å². The Morgan fingerprint density at radius 1 is 1.00 bits per heavy atom. The predicted octanol–water partition coefficient (Wildman–Crippen LogP) is 3.29. The van der Waals surface area contributed by atoms with Crippen molar-refractivity contribution in [1.82, 2.24) is 5.23 Å². The molecule has 1 spiro atoms. The van der Waals surface area contributed by atoms with E-state index in [0.717, 1.165) is 38.5 Å². The molecular formula is C16H27NO4. The van der Waals surface area contributed by atoms with Gasteiger partial charge in [0.2, 0.25) is 0 Å². The van der Waals surface area contributed by atoms with Gasteiger partial charge < -0.3 is 5.11 Å². The van der Waals surface area contributed by atoms with Gasteiger partial charge in [0.25, 0.3) is 0 Å². The zero-order valence-electron chi connectivity index (χ0n) is 12.8. The summed E-state index contributed by atoms with van der Waals surface area (Å²) in [4.78, 5) is 23.1. The highest BCUT2D eigenvalue weighted by Gasteiger charge is 2.45. The average molecular weight is 297 g/mol. The van der Waals surface area contributed by atoms with Crippen molar-refractivity contribution in [3.63, 3.8) is 0 Å². The van der Waals surface area contributed by atoms with E-state index in [0.29, 0.717) is 13.2 Å². The highest BCUT2D eigenvalue weighted by atomic mass is 17.0. The van der Waals surface area contributed by atoms with Crippen LogP contribution in [0.3, 0.4) is 0 Å². The van der Waals surface area contributed by atoms with Crippen LogP contribution in [0.25, 0.3) is 0 Å². The van der Waals surface area contributed by atoms with Crippen LogP contribution in [-0.2, 0) is 14.5 Å². The van der Waals surface area contributed by atoms with Crippen molar-refractivity contribution in [2.24, 2.45) is 5.41 Å². The van der Waals surface area contributed by atoms with E-state index in [1.807, 2.05) is 0 Å². The molecule has 0 aromatic heterocycles. The summed E-state index contributed by atoms with van der Waals surface area (Å²) in [5.74, 6) is -0.705. The molecule has 0 bridgehead atoms. The first-order chi connectivity index (χ1) is 10.1. The van der Waals surface area contributed by atoms with Crippen LogP contribution in [0.4, 0.5) is 0 Å². The van der Waals surface area contributed by atoms with Crippen LogP contribution in [-0.4, -0.2) is 35.1 Å². The summed E-state index contributed by atoms with van der Waals surface area (Å²) in [6.07, 6.45) is 11.4. The zero-order chi connectivity index (χ0) is 14.8. The molecule has 3 rings (SSSR count). The summed E-state index contributed by atoms with van der Waals surface area (Å²) in [6, 6.07) is 0. The number of carboxylic acid groups (broad SMARTS) is 1. The van der Waals surface area contributed by atoms with Gasteiger partial charge in [0.15, 0.2) is 0 Å². The minimum absolute atomic E-state index is 0.128. The van der Waals surface area contributed by atoms with E-state index in [2.05, 4.69) is 0 Å². The second-order valence-corrected chi connectivity index (χ2v) is 7.23. The van der Waals surface area contributed by atoms with Gasteiger partial charge in [0.05, 0.1) is 13.0 Å². The summed E-state index contributed by atoms with van der Waals surface area (Å²) >= 11 is 0. The third-order valence-electron chi connectivity index (χ3n) is 5.44. The Morgan fingerprint density at radius 3 is 2.24 bits per heavy atom. The fourth-order valence-corrected chi connectivity index (χ4v) is 4.26. The topological polar surface area (TPSA) is 59.0 Å². The molecule has 1 saturated heterocycles. The lowest BCUT2D eigenvalue weighted by atomic mass is 9.72. The molecule has 2 aliphatic carbocycles. The SMILES string of the molecule is O=C(O)CC1(CN2OCC3(CCCCC3)O2)CCCCC1. The first-order valence-corrected chi connectivity index (χ1v) is 8.43. The first-order valence-electron chi connectivity index (χ1n) is 8.43. The van der Waals surface area contributed by atoms with Gasteiger partial charge in [-0.15, -0.1) is 0 Å². The summed E-state index contributed by atoms with van der Waals surface area (Å²) in [5, 5.41) is 10.9. The summed E-state index contributed by atoms with van der Waals surface area (Å²) in [7, 11) is 0. The van der Waals surface area contributed by atoms with Crippen LogP contribution in [0.15, 0.2) is 0 Å². The van der Waals surface area contributed by atoms with Crippen molar-refractivity contribution in [2.75, 3.05) is 13.2 Å². The Bertz CT molecular complexity index is 372. The van der Waals surface area contributed by atoms with Gasteiger partial charge in [-0.25, -0.2) is 0 Å². The van der Waals surface area contributed by atoms with Crippen molar-refractivity contribution < 1.29 is 19.6 Å². The molecular weight excluding hydrogens is 270 g/mol. The van der Waals surface area contributed by atoms with Gasteiger partial charge in [-0.1, -0.05) is 43.8 Å². The Balaban J connectivity index is 1.62. The fraction of sp³-hybridized carbons (Fsp3) is 0.938. The third-order valence-corrected chi connectivity index (χ3v) is 5.44. The van der Waals surface area contributed by atoms with Crippen LogP contribution < -0.4 is 0 Å². The van der Waals surface area contributed by atoms with E-state index >= 15 is 0 Å². The molecule has 0 unspecified atom stereocenters. The van der Waals surface area contributed by atoms with Gasteiger partial charge in [-0.2, -0.15) is 0 Å². The lowest BCUT2D eigenvalue weighted by Crippen LogP contribution is -2.41. The van der Waals surface area contributed by atoms with E-state index in [4.69, 9.17) is 9.68 Å². The second kappa shape index (κ2) is 6.23. The Labute approximate surface area is 126 Å². The highest BCUT2D eigenvalue weighted by molar-refractivity contribution is 5.67. The molecule has 0 aromatic carbocycles. The maximum atomic E-state index is 11.2. The molecule has 5 heteroatoms.